The Kier molecular flexibility index (Phi) is 12.9. The largest absolute Gasteiger partial charge is 0.424 e. The fourth-order valence-corrected chi connectivity index (χ4v) is 2.69. The Hall–Kier alpha value is -3.37. The number of aliphatic hydroxyl groups excluding tert-OH is 1. The molecule has 0 unspecified atom stereocenters. The van der Waals surface area contributed by atoms with Crippen molar-refractivity contribution < 1.29 is 19.3 Å². The van der Waals surface area contributed by atoms with Crippen molar-refractivity contribution in [2.24, 2.45) is 0 Å². The van der Waals surface area contributed by atoms with E-state index in [1.807, 2.05) is 30.3 Å². The maximum absolute atomic E-state index is 9.92. The van der Waals surface area contributed by atoms with Gasteiger partial charge in [0.15, 0.2) is 12.6 Å². The third kappa shape index (κ3) is 9.24. The first-order chi connectivity index (χ1) is 16.7. The molecule has 0 saturated carbocycles. The van der Waals surface area contributed by atoms with E-state index in [0.29, 0.717) is 25.0 Å². The number of nitrogens with zero attached hydrogens (tertiary/aromatic N) is 5. The minimum Gasteiger partial charge on any atom is -0.424 e. The Morgan fingerprint density at radius 2 is 1.50 bits per heavy atom. The van der Waals surface area contributed by atoms with Crippen LogP contribution in [0.4, 0.5) is 11.9 Å². The number of rotatable bonds is 16. The first-order valence-electron chi connectivity index (χ1n) is 11.4. The average Bonchev–Trinajstić information content (AvgIpc) is 2.88. The molecule has 0 fully saturated rings. The van der Waals surface area contributed by atoms with E-state index in [0.717, 1.165) is 31.2 Å². The molecule has 0 spiro atoms. The van der Waals surface area contributed by atoms with Gasteiger partial charge in [-0.05, 0) is 18.8 Å². The second-order valence-corrected chi connectivity index (χ2v) is 7.27. The van der Waals surface area contributed by atoms with Gasteiger partial charge in [-0.2, -0.15) is 15.0 Å². The summed E-state index contributed by atoms with van der Waals surface area (Å²) in [5, 5.41) is 9.92. The molecule has 1 aromatic heterocycles. The number of unbranched alkanes of at least 4 members (excludes halogenated alkanes) is 2. The zero-order valence-electron chi connectivity index (χ0n) is 19.9. The lowest BCUT2D eigenvalue weighted by Gasteiger charge is -2.25. The lowest BCUT2D eigenvalue weighted by Crippen LogP contribution is -2.33. The molecular weight excluding hydrogens is 434 g/mol. The van der Waals surface area contributed by atoms with E-state index in [-0.39, 0.29) is 26.1 Å². The van der Waals surface area contributed by atoms with Gasteiger partial charge < -0.3 is 19.3 Å². The standard InChI is InChI=1S/C25H33N5O4/c1-4-7-15-32-19-29(18-31)24-26-23(22-13-11-10-12-14-22)27-25(28-24)30(20-33-16-8-5-2)21-34-17-9-6-3/h1,10-14,31H,5-6,8-9,16-21H2,2-3H3. The van der Waals surface area contributed by atoms with Crippen LogP contribution in [0.2, 0.25) is 0 Å². The quantitative estimate of drug-likeness (QED) is 0.227. The molecule has 34 heavy (non-hydrogen) atoms. The monoisotopic (exact) mass is 467 g/mol. The molecule has 2 aromatic rings. The molecule has 0 aliphatic heterocycles. The van der Waals surface area contributed by atoms with Crippen LogP contribution in [-0.2, 0) is 14.2 Å². The average molecular weight is 468 g/mol. The fraction of sp³-hybridized carbons (Fsp3) is 0.480. The zero-order chi connectivity index (χ0) is 24.4. The highest BCUT2D eigenvalue weighted by molar-refractivity contribution is 5.58. The molecular formula is C25H33N5O4. The van der Waals surface area contributed by atoms with Gasteiger partial charge in [-0.1, -0.05) is 57.0 Å². The molecule has 2 rings (SSSR count). The minimum absolute atomic E-state index is 0.0805. The Morgan fingerprint density at radius 1 is 0.882 bits per heavy atom. The molecule has 9 nitrogen and oxygen atoms in total. The molecule has 0 amide bonds. The van der Waals surface area contributed by atoms with E-state index in [1.54, 1.807) is 4.90 Å². The lowest BCUT2D eigenvalue weighted by molar-refractivity contribution is 0.0812. The highest BCUT2D eigenvalue weighted by atomic mass is 16.5. The maximum Gasteiger partial charge on any atom is 0.235 e. The van der Waals surface area contributed by atoms with E-state index in [2.05, 4.69) is 46.7 Å². The third-order valence-corrected chi connectivity index (χ3v) is 4.57. The second-order valence-electron chi connectivity index (χ2n) is 7.27. The smallest absolute Gasteiger partial charge is 0.235 e. The van der Waals surface area contributed by atoms with Crippen LogP contribution in [0.5, 0.6) is 0 Å². The van der Waals surface area contributed by atoms with Crippen molar-refractivity contribution in [2.75, 3.05) is 49.9 Å². The van der Waals surface area contributed by atoms with Gasteiger partial charge in [-0.25, -0.2) is 0 Å². The van der Waals surface area contributed by atoms with Crippen molar-refractivity contribution in [3.8, 4) is 35.8 Å². The summed E-state index contributed by atoms with van der Waals surface area (Å²) in [6.07, 6.45) is 11.5. The minimum atomic E-state index is -0.393. The summed E-state index contributed by atoms with van der Waals surface area (Å²) in [4.78, 5) is 17.0. The predicted octanol–water partition coefficient (Wildman–Crippen LogP) is 3.22. The number of terminal acetylenes is 1. The van der Waals surface area contributed by atoms with Gasteiger partial charge in [0.1, 0.15) is 26.3 Å². The van der Waals surface area contributed by atoms with Crippen LogP contribution in [0.3, 0.4) is 0 Å². The Bertz CT molecular complexity index is 928. The predicted molar refractivity (Wildman–Crippen MR) is 131 cm³/mol. The molecule has 9 heteroatoms. The van der Waals surface area contributed by atoms with Gasteiger partial charge in [0.2, 0.25) is 11.9 Å². The first-order valence-corrected chi connectivity index (χ1v) is 11.4. The lowest BCUT2D eigenvalue weighted by atomic mass is 10.2. The van der Waals surface area contributed by atoms with Crippen LogP contribution in [0.15, 0.2) is 30.3 Å². The van der Waals surface area contributed by atoms with Gasteiger partial charge in [-0.3, -0.25) is 9.80 Å². The van der Waals surface area contributed by atoms with Crippen molar-refractivity contribution in [2.45, 2.75) is 39.5 Å². The number of hydrogen-bond donors (Lipinski definition) is 1. The van der Waals surface area contributed by atoms with Gasteiger partial charge in [0, 0.05) is 24.7 Å². The van der Waals surface area contributed by atoms with Crippen molar-refractivity contribution in [1.29, 1.82) is 0 Å². The van der Waals surface area contributed by atoms with E-state index < -0.39 is 6.73 Å². The molecule has 0 aliphatic rings. The van der Waals surface area contributed by atoms with Crippen LogP contribution < -0.4 is 9.80 Å². The summed E-state index contributed by atoms with van der Waals surface area (Å²) in [7, 11) is 0. The molecule has 1 N–H and O–H groups in total. The molecule has 0 atom stereocenters. The van der Waals surface area contributed by atoms with Gasteiger partial charge in [0.25, 0.3) is 0 Å². The number of benzene rings is 1. The Labute approximate surface area is 202 Å². The van der Waals surface area contributed by atoms with Crippen molar-refractivity contribution in [3.05, 3.63) is 30.3 Å². The topological polar surface area (TPSA) is 93.1 Å². The Morgan fingerprint density at radius 3 is 2.06 bits per heavy atom. The van der Waals surface area contributed by atoms with Crippen molar-refractivity contribution in [3.63, 3.8) is 0 Å². The van der Waals surface area contributed by atoms with Crippen LogP contribution in [0.1, 0.15) is 39.5 Å². The summed E-state index contributed by atoms with van der Waals surface area (Å²) >= 11 is 0. The number of anilines is 2. The number of aromatic nitrogens is 3. The highest BCUT2D eigenvalue weighted by Gasteiger charge is 2.19. The summed E-state index contributed by atoms with van der Waals surface area (Å²) < 4.78 is 16.9. The first kappa shape index (κ1) is 26.9. The summed E-state index contributed by atoms with van der Waals surface area (Å²) in [5.74, 6) is 5.57. The second kappa shape index (κ2) is 16.3. The van der Waals surface area contributed by atoms with E-state index in [4.69, 9.17) is 20.6 Å². The molecule has 0 saturated heterocycles. The molecule has 0 bridgehead atoms. The van der Waals surface area contributed by atoms with Gasteiger partial charge in [-0.15, -0.1) is 6.42 Å². The molecule has 1 aromatic carbocycles. The van der Waals surface area contributed by atoms with Crippen LogP contribution in [0, 0.1) is 24.4 Å². The van der Waals surface area contributed by atoms with E-state index >= 15 is 0 Å². The SMILES string of the molecule is C#CC#COCN(CO)c1nc(-c2ccccc2)nc(N(COCCCC)COCCCC)n1. The zero-order valence-corrected chi connectivity index (χ0v) is 19.9. The number of aliphatic hydroxyl groups is 1. The van der Waals surface area contributed by atoms with E-state index in [1.165, 1.54) is 4.90 Å². The maximum atomic E-state index is 9.92. The summed E-state index contributed by atoms with van der Waals surface area (Å²) in [5.41, 5.74) is 0.803. The van der Waals surface area contributed by atoms with Crippen molar-refractivity contribution >= 4 is 11.9 Å². The third-order valence-electron chi connectivity index (χ3n) is 4.57. The highest BCUT2D eigenvalue weighted by Crippen LogP contribution is 2.21. The molecule has 1 heterocycles. The Balaban J connectivity index is 2.37. The fourth-order valence-electron chi connectivity index (χ4n) is 2.69. The van der Waals surface area contributed by atoms with Gasteiger partial charge in [0.05, 0.1) is 0 Å². The van der Waals surface area contributed by atoms with E-state index in [9.17, 15) is 5.11 Å². The normalized spacial score (nSPS) is 10.2. The summed E-state index contributed by atoms with van der Waals surface area (Å²) in [6, 6.07) is 9.53. The molecule has 182 valence electrons. The van der Waals surface area contributed by atoms with Crippen LogP contribution >= 0.6 is 0 Å². The summed E-state index contributed by atoms with van der Waals surface area (Å²) in [6.45, 7) is 5.50. The van der Waals surface area contributed by atoms with Crippen LogP contribution in [0.25, 0.3) is 11.4 Å². The number of hydrogen-bond acceptors (Lipinski definition) is 9. The molecule has 0 aliphatic carbocycles. The van der Waals surface area contributed by atoms with Crippen LogP contribution in [-0.4, -0.2) is 60.2 Å². The number of ether oxygens (including phenoxy) is 3. The molecule has 0 radical (unpaired) electrons. The van der Waals surface area contributed by atoms with Crippen molar-refractivity contribution in [1.82, 2.24) is 15.0 Å². The van der Waals surface area contributed by atoms with Gasteiger partial charge >= 0.3 is 0 Å².